The maximum atomic E-state index is 12.0. The minimum Gasteiger partial charge on any atom is -0.398 e. The predicted octanol–water partition coefficient (Wildman–Crippen LogP) is 0.545. The van der Waals surface area contributed by atoms with Crippen LogP contribution < -0.4 is 10.5 Å². The van der Waals surface area contributed by atoms with E-state index in [1.165, 1.54) is 6.92 Å². The fraction of sp³-hybridized carbons (Fsp3) is 0.455. The molecule has 0 radical (unpaired) electrons. The molecule has 0 heterocycles. The van der Waals surface area contributed by atoms with Gasteiger partial charge in [-0.2, -0.15) is 0 Å². The van der Waals surface area contributed by atoms with E-state index in [9.17, 15) is 8.42 Å². The van der Waals surface area contributed by atoms with Gasteiger partial charge in [0.15, 0.2) is 0 Å². The SMILES string of the molecule is Cc1cc(N)c(C)c(S(=O)(=O)NC[C@H](C)O)c1. The number of aliphatic hydroxyl groups excluding tert-OH is 1. The van der Waals surface area contributed by atoms with E-state index < -0.39 is 16.1 Å². The Labute approximate surface area is 102 Å². The lowest BCUT2D eigenvalue weighted by Crippen LogP contribution is -2.31. The Balaban J connectivity index is 3.15. The van der Waals surface area contributed by atoms with Crippen LogP contribution in [-0.4, -0.2) is 26.2 Å². The van der Waals surface area contributed by atoms with Crippen molar-refractivity contribution in [1.29, 1.82) is 0 Å². The quantitative estimate of drug-likeness (QED) is 0.687. The molecule has 0 aliphatic heterocycles. The van der Waals surface area contributed by atoms with E-state index in [1.807, 2.05) is 0 Å². The van der Waals surface area contributed by atoms with Gasteiger partial charge in [0.2, 0.25) is 10.0 Å². The highest BCUT2D eigenvalue weighted by Crippen LogP contribution is 2.22. The van der Waals surface area contributed by atoms with E-state index in [1.54, 1.807) is 26.0 Å². The molecule has 5 nitrogen and oxygen atoms in total. The zero-order valence-electron chi connectivity index (χ0n) is 10.2. The summed E-state index contributed by atoms with van der Waals surface area (Å²) in [6.45, 7) is 4.94. The number of nitrogens with two attached hydrogens (primary N) is 1. The van der Waals surface area contributed by atoms with Crippen LogP contribution in [0.25, 0.3) is 0 Å². The number of hydrogen-bond donors (Lipinski definition) is 3. The maximum Gasteiger partial charge on any atom is 0.241 e. The molecule has 0 aliphatic rings. The lowest BCUT2D eigenvalue weighted by atomic mass is 10.1. The number of rotatable bonds is 4. The summed E-state index contributed by atoms with van der Waals surface area (Å²) >= 11 is 0. The zero-order valence-corrected chi connectivity index (χ0v) is 11.0. The first-order valence-corrected chi connectivity index (χ1v) is 6.77. The fourth-order valence-electron chi connectivity index (χ4n) is 1.44. The van der Waals surface area contributed by atoms with E-state index in [4.69, 9.17) is 10.8 Å². The van der Waals surface area contributed by atoms with Gasteiger partial charge in [0.25, 0.3) is 0 Å². The monoisotopic (exact) mass is 258 g/mol. The Morgan fingerprint density at radius 2 is 2.00 bits per heavy atom. The number of aliphatic hydroxyl groups is 1. The van der Waals surface area contributed by atoms with Crippen LogP contribution in [-0.2, 0) is 10.0 Å². The summed E-state index contributed by atoms with van der Waals surface area (Å²) < 4.78 is 26.3. The molecule has 0 spiro atoms. The third-order valence-electron chi connectivity index (χ3n) is 2.40. The second-order valence-corrected chi connectivity index (χ2v) is 5.91. The van der Waals surface area contributed by atoms with E-state index in [0.717, 1.165) is 5.56 Å². The van der Waals surface area contributed by atoms with Crippen molar-refractivity contribution in [3.63, 3.8) is 0 Å². The molecule has 4 N–H and O–H groups in total. The van der Waals surface area contributed by atoms with Crippen LogP contribution in [0.15, 0.2) is 17.0 Å². The second kappa shape index (κ2) is 5.03. The van der Waals surface area contributed by atoms with Crippen molar-refractivity contribution in [3.05, 3.63) is 23.3 Å². The second-order valence-electron chi connectivity index (χ2n) is 4.18. The first kappa shape index (κ1) is 14.0. The molecule has 0 saturated carbocycles. The molecule has 0 aromatic heterocycles. The number of sulfonamides is 1. The standard InChI is InChI=1S/C11H18N2O3S/c1-7-4-10(12)9(3)11(5-7)17(15,16)13-6-8(2)14/h4-5,8,13-14H,6,12H2,1-3H3/t8-/m0/s1. The van der Waals surface area contributed by atoms with Crippen molar-refractivity contribution in [2.45, 2.75) is 31.8 Å². The van der Waals surface area contributed by atoms with Crippen molar-refractivity contribution in [3.8, 4) is 0 Å². The number of hydrogen-bond acceptors (Lipinski definition) is 4. The Morgan fingerprint density at radius 1 is 1.41 bits per heavy atom. The van der Waals surface area contributed by atoms with Crippen molar-refractivity contribution >= 4 is 15.7 Å². The average molecular weight is 258 g/mol. The van der Waals surface area contributed by atoms with Crippen LogP contribution in [0, 0.1) is 13.8 Å². The summed E-state index contributed by atoms with van der Waals surface area (Å²) in [5.74, 6) is 0. The van der Waals surface area contributed by atoms with Crippen molar-refractivity contribution in [2.24, 2.45) is 0 Å². The fourth-order valence-corrected chi connectivity index (χ4v) is 2.92. The van der Waals surface area contributed by atoms with Crippen LogP contribution in [0.1, 0.15) is 18.1 Å². The van der Waals surface area contributed by atoms with Crippen LogP contribution in [0.2, 0.25) is 0 Å². The molecule has 0 aliphatic carbocycles. The molecular formula is C11H18N2O3S. The minimum absolute atomic E-state index is 0.0182. The zero-order chi connectivity index (χ0) is 13.2. The van der Waals surface area contributed by atoms with Gasteiger partial charge in [0.05, 0.1) is 11.0 Å². The van der Waals surface area contributed by atoms with Gasteiger partial charge in [0, 0.05) is 12.2 Å². The molecule has 1 aromatic rings. The number of anilines is 1. The summed E-state index contributed by atoms with van der Waals surface area (Å²) in [5.41, 5.74) is 7.48. The first-order valence-electron chi connectivity index (χ1n) is 5.28. The lowest BCUT2D eigenvalue weighted by molar-refractivity contribution is 0.198. The topological polar surface area (TPSA) is 92.4 Å². The smallest absolute Gasteiger partial charge is 0.241 e. The molecule has 1 atom stereocenters. The molecule has 0 amide bonds. The first-order chi connectivity index (χ1) is 7.74. The molecule has 0 unspecified atom stereocenters. The third kappa shape index (κ3) is 3.42. The molecular weight excluding hydrogens is 240 g/mol. The van der Waals surface area contributed by atoms with E-state index in [0.29, 0.717) is 11.3 Å². The molecule has 0 bridgehead atoms. The maximum absolute atomic E-state index is 12.0. The highest BCUT2D eigenvalue weighted by molar-refractivity contribution is 7.89. The van der Waals surface area contributed by atoms with Crippen molar-refractivity contribution in [1.82, 2.24) is 4.72 Å². The molecule has 1 rings (SSSR count). The summed E-state index contributed by atoms with van der Waals surface area (Å²) in [6.07, 6.45) is -0.729. The average Bonchev–Trinajstić information content (AvgIpc) is 2.20. The number of aryl methyl sites for hydroxylation is 1. The van der Waals surface area contributed by atoms with Gasteiger partial charge in [0.1, 0.15) is 0 Å². The van der Waals surface area contributed by atoms with Gasteiger partial charge in [-0.1, -0.05) is 0 Å². The summed E-state index contributed by atoms with van der Waals surface area (Å²) in [4.78, 5) is 0.163. The van der Waals surface area contributed by atoms with Gasteiger partial charge in [-0.15, -0.1) is 0 Å². The Hall–Kier alpha value is -1.11. The number of nitrogen functional groups attached to an aromatic ring is 1. The van der Waals surface area contributed by atoms with Gasteiger partial charge in [-0.05, 0) is 44.0 Å². The summed E-state index contributed by atoms with van der Waals surface area (Å²) in [7, 11) is -3.62. The van der Waals surface area contributed by atoms with Gasteiger partial charge in [-0.3, -0.25) is 0 Å². The van der Waals surface area contributed by atoms with Crippen LogP contribution in [0.5, 0.6) is 0 Å². The highest BCUT2D eigenvalue weighted by Gasteiger charge is 2.18. The molecule has 96 valence electrons. The largest absolute Gasteiger partial charge is 0.398 e. The highest BCUT2D eigenvalue weighted by atomic mass is 32.2. The van der Waals surface area contributed by atoms with E-state index in [-0.39, 0.29) is 11.4 Å². The normalized spacial score (nSPS) is 13.6. The minimum atomic E-state index is -3.62. The molecule has 0 saturated heterocycles. The van der Waals surface area contributed by atoms with Gasteiger partial charge in [-0.25, -0.2) is 13.1 Å². The number of benzene rings is 1. The lowest BCUT2D eigenvalue weighted by Gasteiger charge is -2.13. The molecule has 6 heteroatoms. The van der Waals surface area contributed by atoms with Crippen LogP contribution in [0.3, 0.4) is 0 Å². The summed E-state index contributed by atoms with van der Waals surface area (Å²) in [6, 6.07) is 3.29. The van der Waals surface area contributed by atoms with E-state index >= 15 is 0 Å². The molecule has 1 aromatic carbocycles. The van der Waals surface area contributed by atoms with Crippen molar-refractivity contribution < 1.29 is 13.5 Å². The van der Waals surface area contributed by atoms with Gasteiger partial charge < -0.3 is 10.8 Å². The summed E-state index contributed by atoms with van der Waals surface area (Å²) in [5, 5.41) is 9.09. The number of nitrogens with one attached hydrogen (secondary N) is 1. The van der Waals surface area contributed by atoms with Crippen molar-refractivity contribution in [2.75, 3.05) is 12.3 Å². The van der Waals surface area contributed by atoms with E-state index in [2.05, 4.69) is 4.72 Å². The Kier molecular flexibility index (Phi) is 4.13. The predicted molar refractivity (Wildman–Crippen MR) is 67.2 cm³/mol. The Morgan fingerprint density at radius 3 is 2.53 bits per heavy atom. The van der Waals surface area contributed by atoms with Crippen LogP contribution >= 0.6 is 0 Å². The molecule has 0 fully saturated rings. The van der Waals surface area contributed by atoms with Crippen LogP contribution in [0.4, 0.5) is 5.69 Å². The third-order valence-corrected chi connectivity index (χ3v) is 3.95. The van der Waals surface area contributed by atoms with Gasteiger partial charge >= 0.3 is 0 Å². The Bertz CT molecular complexity index is 510. The molecule has 17 heavy (non-hydrogen) atoms.